The van der Waals surface area contributed by atoms with Crippen LogP contribution in [0.1, 0.15) is 129 Å². The Labute approximate surface area is 389 Å². The average molecular weight is 860 g/mol. The van der Waals surface area contributed by atoms with Gasteiger partial charge >= 0.3 is 0 Å². The molecule has 0 fully saturated rings. The van der Waals surface area contributed by atoms with E-state index in [0.29, 0.717) is 0 Å². The van der Waals surface area contributed by atoms with Gasteiger partial charge in [0.1, 0.15) is 0 Å². The maximum Gasteiger partial charge on any atom is 0.235 e. The molecule has 0 aliphatic heterocycles. The molecule has 0 saturated carbocycles. The molecule has 12 rings (SSSR count). The number of para-hydroxylation sites is 2. The van der Waals surface area contributed by atoms with E-state index in [9.17, 15) is 0 Å². The van der Waals surface area contributed by atoms with Gasteiger partial charge in [-0.15, -0.1) is 0 Å². The number of aromatic nitrogens is 3. The molecule has 0 spiro atoms. The molecule has 2 heterocycles. The first-order valence-corrected chi connectivity index (χ1v) is 24.4. The van der Waals surface area contributed by atoms with Crippen LogP contribution >= 0.6 is 0 Å². The van der Waals surface area contributed by atoms with Gasteiger partial charge in [0.15, 0.2) is 0 Å². The minimum Gasteiger partial charge on any atom is -0.276 e. The Morgan fingerprint density at radius 1 is 0.424 bits per heavy atom. The summed E-state index contributed by atoms with van der Waals surface area (Å²) >= 11 is 0. The van der Waals surface area contributed by atoms with Crippen LogP contribution in [0.3, 0.4) is 0 Å². The third-order valence-corrected chi connectivity index (χ3v) is 16.4. The molecule has 0 saturated heterocycles. The topological polar surface area (TPSA) is 30.2 Å². The summed E-state index contributed by atoms with van der Waals surface area (Å²) < 4.78 is 2.23. The van der Waals surface area contributed by atoms with Crippen LogP contribution < -0.4 is 0 Å². The second-order valence-corrected chi connectivity index (χ2v) is 22.9. The van der Waals surface area contributed by atoms with Crippen LogP contribution in [-0.4, -0.2) is 14.4 Å². The summed E-state index contributed by atoms with van der Waals surface area (Å²) in [5.41, 5.74) is 18.2. The Kier molecular flexibility index (Phi) is 8.79. The largest absolute Gasteiger partial charge is 0.276 e. The van der Waals surface area contributed by atoms with Crippen molar-refractivity contribution in [3.05, 3.63) is 161 Å². The minimum atomic E-state index is 0.0605. The first-order valence-electron chi connectivity index (χ1n) is 24.4. The summed E-state index contributed by atoms with van der Waals surface area (Å²) in [6.45, 7) is 24.2. The maximum atomic E-state index is 5.18. The van der Waals surface area contributed by atoms with Gasteiger partial charge in [0, 0.05) is 5.39 Å². The summed E-state index contributed by atoms with van der Waals surface area (Å²) in [6, 6.07) is 51.3. The standard InChI is InChI=1S/C63H61N3/c1-37(2)58-48-32-41(26-27-54(48)66-55-21-14-13-20-53(55)64-59(66)65-58)38-22-24-40(25-23-38)56-44-33-49-51(62(7,8)30-28-60(49,3)4)35-46(44)57(43-19-15-17-39-16-11-12-18-42(39)43)47-36-52-50(34-45(47)56)61(5,6)29-31-63(52,9)10/h11-27,32-37H,28-31H2,1-10H3. The summed E-state index contributed by atoms with van der Waals surface area (Å²) in [5, 5.41) is 9.18. The lowest BCUT2D eigenvalue weighted by molar-refractivity contribution is 0.332. The molecule has 3 heteroatoms. The zero-order valence-corrected chi connectivity index (χ0v) is 40.4. The number of hydrogen-bond acceptors (Lipinski definition) is 2. The third kappa shape index (κ3) is 6.07. The minimum absolute atomic E-state index is 0.0605. The van der Waals surface area contributed by atoms with E-state index in [1.165, 1.54) is 119 Å². The van der Waals surface area contributed by atoms with Gasteiger partial charge in [0.05, 0.1) is 22.2 Å². The number of fused-ring (bicyclic) bond motifs is 10. The van der Waals surface area contributed by atoms with Crippen LogP contribution in [0.2, 0.25) is 0 Å². The van der Waals surface area contributed by atoms with Crippen LogP contribution in [0.4, 0.5) is 0 Å². The molecular formula is C63H61N3. The van der Waals surface area contributed by atoms with Crippen molar-refractivity contribution in [2.24, 2.45) is 0 Å². The van der Waals surface area contributed by atoms with Crippen molar-refractivity contribution in [3.63, 3.8) is 0 Å². The molecule has 0 N–H and O–H groups in total. The molecule has 2 aliphatic rings. The molecule has 0 bridgehead atoms. The number of rotatable bonds is 4. The summed E-state index contributed by atoms with van der Waals surface area (Å²) in [5.74, 6) is 1.01. The quantitative estimate of drug-likeness (QED) is 0.165. The van der Waals surface area contributed by atoms with E-state index in [4.69, 9.17) is 9.97 Å². The highest BCUT2D eigenvalue weighted by atomic mass is 15.1. The van der Waals surface area contributed by atoms with Gasteiger partial charge in [-0.1, -0.05) is 154 Å². The summed E-state index contributed by atoms with van der Waals surface area (Å²) in [4.78, 5) is 10.1. The number of hydrogen-bond donors (Lipinski definition) is 0. The summed E-state index contributed by atoms with van der Waals surface area (Å²) in [7, 11) is 0. The molecule has 3 nitrogen and oxygen atoms in total. The Balaban J connectivity index is 1.16. The molecule has 2 aliphatic carbocycles. The molecular weight excluding hydrogens is 799 g/mol. The molecule has 66 heavy (non-hydrogen) atoms. The van der Waals surface area contributed by atoms with E-state index in [2.05, 4.69) is 207 Å². The van der Waals surface area contributed by atoms with Crippen LogP contribution in [-0.2, 0) is 21.7 Å². The van der Waals surface area contributed by atoms with Gasteiger partial charge in [-0.05, 0) is 190 Å². The average Bonchev–Trinajstić information content (AvgIpc) is 3.69. The zero-order chi connectivity index (χ0) is 45.7. The first kappa shape index (κ1) is 41.1. The molecule has 0 radical (unpaired) electrons. The molecule has 10 aromatic rings. The highest BCUT2D eigenvalue weighted by Crippen LogP contribution is 2.55. The predicted molar refractivity (Wildman–Crippen MR) is 281 cm³/mol. The second-order valence-electron chi connectivity index (χ2n) is 22.9. The first-order chi connectivity index (χ1) is 31.5. The molecule has 8 aromatic carbocycles. The fraction of sp³-hybridized carbons (Fsp3) is 0.302. The van der Waals surface area contributed by atoms with Gasteiger partial charge in [-0.3, -0.25) is 4.40 Å². The lowest BCUT2D eigenvalue weighted by atomic mass is 9.61. The summed E-state index contributed by atoms with van der Waals surface area (Å²) in [6.07, 6.45) is 4.69. The van der Waals surface area contributed by atoms with Gasteiger partial charge in [0.25, 0.3) is 0 Å². The number of nitrogens with zero attached hydrogens (tertiary/aromatic N) is 3. The van der Waals surface area contributed by atoms with Crippen molar-refractivity contribution < 1.29 is 0 Å². The normalized spacial score (nSPS) is 17.3. The van der Waals surface area contributed by atoms with E-state index in [1.54, 1.807) is 0 Å². The second kappa shape index (κ2) is 14.1. The van der Waals surface area contributed by atoms with Gasteiger partial charge in [-0.25, -0.2) is 9.97 Å². The third-order valence-electron chi connectivity index (χ3n) is 16.4. The van der Waals surface area contributed by atoms with Crippen molar-refractivity contribution >= 4 is 60.0 Å². The fourth-order valence-corrected chi connectivity index (χ4v) is 12.3. The van der Waals surface area contributed by atoms with Gasteiger partial charge in [-0.2, -0.15) is 0 Å². The van der Waals surface area contributed by atoms with Crippen molar-refractivity contribution in [1.82, 2.24) is 14.4 Å². The Morgan fingerprint density at radius 2 is 0.924 bits per heavy atom. The molecule has 0 unspecified atom stereocenters. The van der Waals surface area contributed by atoms with E-state index in [1.807, 2.05) is 0 Å². The van der Waals surface area contributed by atoms with E-state index < -0.39 is 0 Å². The lowest BCUT2D eigenvalue weighted by Crippen LogP contribution is -2.34. The zero-order valence-electron chi connectivity index (χ0n) is 40.4. The van der Waals surface area contributed by atoms with E-state index >= 15 is 0 Å². The molecule has 2 aromatic heterocycles. The smallest absolute Gasteiger partial charge is 0.235 e. The van der Waals surface area contributed by atoms with Crippen molar-refractivity contribution in [3.8, 4) is 33.4 Å². The van der Waals surface area contributed by atoms with E-state index in [0.717, 1.165) is 28.0 Å². The van der Waals surface area contributed by atoms with Gasteiger partial charge in [0.2, 0.25) is 5.78 Å². The van der Waals surface area contributed by atoms with E-state index in [-0.39, 0.29) is 27.6 Å². The van der Waals surface area contributed by atoms with Crippen molar-refractivity contribution in [2.75, 3.05) is 0 Å². The molecule has 328 valence electrons. The monoisotopic (exact) mass is 859 g/mol. The fourth-order valence-electron chi connectivity index (χ4n) is 12.3. The van der Waals surface area contributed by atoms with Crippen molar-refractivity contribution in [1.29, 1.82) is 0 Å². The Hall–Kier alpha value is -6.32. The van der Waals surface area contributed by atoms with Crippen LogP contribution in [0, 0.1) is 0 Å². The van der Waals surface area contributed by atoms with Crippen LogP contribution in [0.5, 0.6) is 0 Å². The molecule has 0 amide bonds. The number of benzene rings is 8. The SMILES string of the molecule is CC(C)c1nc2nc3ccccc3n2c2ccc(-c3ccc(-c4c5cc6c(cc5c(-c5cccc7ccccc57)c5cc7c(cc45)C(C)(C)CCC7(C)C)C(C)(C)CCC6(C)C)cc3)cc12. The maximum absolute atomic E-state index is 5.18. The highest BCUT2D eigenvalue weighted by Gasteiger charge is 2.40. The van der Waals surface area contributed by atoms with Gasteiger partial charge < -0.3 is 0 Å². The van der Waals surface area contributed by atoms with Crippen LogP contribution in [0.25, 0.3) is 93.4 Å². The Morgan fingerprint density at radius 3 is 1.52 bits per heavy atom. The molecule has 0 atom stereocenters. The lowest BCUT2D eigenvalue weighted by Gasteiger charge is -2.43. The number of imidazole rings is 1. The Bertz CT molecular complexity index is 3570. The van der Waals surface area contributed by atoms with Crippen molar-refractivity contribution in [2.45, 2.75) is 122 Å². The van der Waals surface area contributed by atoms with Crippen LogP contribution in [0.15, 0.2) is 133 Å². The highest BCUT2D eigenvalue weighted by molar-refractivity contribution is 6.24. The predicted octanol–water partition coefficient (Wildman–Crippen LogP) is 17.3.